The second kappa shape index (κ2) is 5.91. The molecule has 0 aliphatic carbocycles. The van der Waals surface area contributed by atoms with Gasteiger partial charge in [-0.3, -0.25) is 5.10 Å². The summed E-state index contributed by atoms with van der Waals surface area (Å²) in [5, 5.41) is 8.80. The zero-order valence-electron chi connectivity index (χ0n) is 13.9. The van der Waals surface area contributed by atoms with E-state index in [9.17, 15) is 4.39 Å². The smallest absolute Gasteiger partial charge is 0.158 e. The molecular formula is C19H21FN4. The third-order valence-corrected chi connectivity index (χ3v) is 5.00. The molecule has 24 heavy (non-hydrogen) atoms. The molecule has 1 aromatic heterocycles. The van der Waals surface area contributed by atoms with Crippen molar-refractivity contribution in [1.82, 2.24) is 15.1 Å². The summed E-state index contributed by atoms with van der Waals surface area (Å²) >= 11 is 0. The average Bonchev–Trinajstić information content (AvgIpc) is 3.19. The van der Waals surface area contributed by atoms with Crippen molar-refractivity contribution in [2.75, 3.05) is 32.1 Å². The summed E-state index contributed by atoms with van der Waals surface area (Å²) in [6.45, 7) is 1.78. The SMILES string of the molecule is CN(C)C1CN(c2n[nH]c3ccccc23)CC1c1ccc(F)cc1. The van der Waals surface area contributed by atoms with Crippen molar-refractivity contribution in [3.05, 3.63) is 59.9 Å². The number of hydrogen-bond donors (Lipinski definition) is 1. The fourth-order valence-electron chi connectivity index (χ4n) is 3.71. The highest BCUT2D eigenvalue weighted by Gasteiger charge is 2.36. The van der Waals surface area contributed by atoms with Gasteiger partial charge < -0.3 is 9.80 Å². The second-order valence-electron chi connectivity index (χ2n) is 6.69. The van der Waals surface area contributed by atoms with Crippen LogP contribution in [0, 0.1) is 5.82 Å². The predicted molar refractivity (Wildman–Crippen MR) is 94.9 cm³/mol. The predicted octanol–water partition coefficient (Wildman–Crippen LogP) is 3.24. The van der Waals surface area contributed by atoms with Crippen LogP contribution in [-0.2, 0) is 0 Å². The number of halogens is 1. The second-order valence-corrected chi connectivity index (χ2v) is 6.69. The Kier molecular flexibility index (Phi) is 3.73. The van der Waals surface area contributed by atoms with Crippen LogP contribution in [0.1, 0.15) is 11.5 Å². The maximum absolute atomic E-state index is 13.3. The number of rotatable bonds is 3. The molecule has 2 unspecified atom stereocenters. The summed E-state index contributed by atoms with van der Waals surface area (Å²) in [6.07, 6.45) is 0. The molecule has 1 aliphatic heterocycles. The highest BCUT2D eigenvalue weighted by molar-refractivity contribution is 5.90. The van der Waals surface area contributed by atoms with Crippen LogP contribution in [-0.4, -0.2) is 48.3 Å². The fraction of sp³-hybridized carbons (Fsp3) is 0.316. The van der Waals surface area contributed by atoms with Gasteiger partial charge in [-0.05, 0) is 43.9 Å². The molecule has 0 bridgehead atoms. The molecule has 2 atom stereocenters. The van der Waals surface area contributed by atoms with Crippen LogP contribution in [0.2, 0.25) is 0 Å². The van der Waals surface area contributed by atoms with Crippen LogP contribution in [0.15, 0.2) is 48.5 Å². The van der Waals surface area contributed by atoms with E-state index in [0.29, 0.717) is 12.0 Å². The van der Waals surface area contributed by atoms with Crippen LogP contribution < -0.4 is 4.90 Å². The van der Waals surface area contributed by atoms with Crippen molar-refractivity contribution >= 4 is 16.7 Å². The van der Waals surface area contributed by atoms with Crippen LogP contribution in [0.4, 0.5) is 10.2 Å². The van der Waals surface area contributed by atoms with Gasteiger partial charge >= 0.3 is 0 Å². The van der Waals surface area contributed by atoms with Gasteiger partial charge in [0.2, 0.25) is 0 Å². The summed E-state index contributed by atoms with van der Waals surface area (Å²) < 4.78 is 13.3. The van der Waals surface area contributed by atoms with Gasteiger partial charge in [-0.2, -0.15) is 5.10 Å². The lowest BCUT2D eigenvalue weighted by molar-refractivity contribution is 0.292. The van der Waals surface area contributed by atoms with Crippen molar-refractivity contribution in [2.45, 2.75) is 12.0 Å². The minimum absolute atomic E-state index is 0.187. The number of para-hydroxylation sites is 1. The van der Waals surface area contributed by atoms with Crippen molar-refractivity contribution in [3.8, 4) is 0 Å². The standard InChI is InChI=1S/C19H21FN4/c1-23(2)18-12-24(11-16(18)13-7-9-14(20)10-8-13)19-15-5-3-4-6-17(15)21-22-19/h3-10,16,18H,11-12H2,1-2H3,(H,21,22). The lowest BCUT2D eigenvalue weighted by Gasteiger charge is -2.25. The monoisotopic (exact) mass is 324 g/mol. The van der Waals surface area contributed by atoms with Gasteiger partial charge in [0.25, 0.3) is 0 Å². The number of aromatic nitrogens is 2. The Morgan fingerprint density at radius 2 is 1.83 bits per heavy atom. The normalized spacial score (nSPS) is 21.1. The Morgan fingerprint density at radius 3 is 2.58 bits per heavy atom. The molecule has 0 amide bonds. The Bertz CT molecular complexity index is 840. The topological polar surface area (TPSA) is 35.2 Å². The van der Waals surface area contributed by atoms with Gasteiger partial charge in [0, 0.05) is 30.4 Å². The number of hydrogen-bond acceptors (Lipinski definition) is 3. The van der Waals surface area contributed by atoms with Crippen LogP contribution in [0.5, 0.6) is 0 Å². The van der Waals surface area contributed by atoms with E-state index < -0.39 is 0 Å². The maximum atomic E-state index is 13.3. The quantitative estimate of drug-likeness (QED) is 0.803. The Morgan fingerprint density at radius 1 is 1.08 bits per heavy atom. The number of likely N-dealkylation sites (N-methyl/N-ethyl adjacent to an activating group) is 1. The van der Waals surface area contributed by atoms with E-state index in [0.717, 1.165) is 29.8 Å². The first kappa shape index (κ1) is 15.1. The first-order valence-corrected chi connectivity index (χ1v) is 8.23. The summed E-state index contributed by atoms with van der Waals surface area (Å²) in [5.74, 6) is 1.14. The summed E-state index contributed by atoms with van der Waals surface area (Å²) in [5.41, 5.74) is 2.23. The van der Waals surface area contributed by atoms with Gasteiger partial charge in [-0.1, -0.05) is 24.3 Å². The lowest BCUT2D eigenvalue weighted by atomic mass is 9.94. The molecule has 3 aromatic rings. The molecule has 0 radical (unpaired) electrons. The molecule has 2 heterocycles. The Balaban J connectivity index is 1.68. The number of fused-ring (bicyclic) bond motifs is 1. The lowest BCUT2D eigenvalue weighted by Crippen LogP contribution is -2.34. The van der Waals surface area contributed by atoms with Crippen molar-refractivity contribution < 1.29 is 4.39 Å². The highest BCUT2D eigenvalue weighted by Crippen LogP contribution is 2.35. The van der Waals surface area contributed by atoms with Crippen molar-refractivity contribution in [2.24, 2.45) is 0 Å². The molecule has 124 valence electrons. The number of benzene rings is 2. The number of anilines is 1. The molecule has 1 saturated heterocycles. The zero-order chi connectivity index (χ0) is 16.7. The third kappa shape index (κ3) is 2.55. The highest BCUT2D eigenvalue weighted by atomic mass is 19.1. The molecule has 4 nitrogen and oxygen atoms in total. The molecule has 0 saturated carbocycles. The van der Waals surface area contributed by atoms with E-state index in [1.54, 1.807) is 12.1 Å². The third-order valence-electron chi connectivity index (χ3n) is 5.00. The van der Waals surface area contributed by atoms with Gasteiger partial charge in [-0.15, -0.1) is 0 Å². The molecule has 2 aromatic carbocycles. The number of nitrogens with one attached hydrogen (secondary N) is 1. The minimum atomic E-state index is -0.187. The van der Waals surface area contributed by atoms with E-state index in [1.807, 2.05) is 30.3 Å². The van der Waals surface area contributed by atoms with E-state index in [4.69, 9.17) is 0 Å². The molecular weight excluding hydrogens is 303 g/mol. The molecule has 1 fully saturated rings. The molecule has 1 N–H and O–H groups in total. The van der Waals surface area contributed by atoms with Crippen molar-refractivity contribution in [1.29, 1.82) is 0 Å². The van der Waals surface area contributed by atoms with Crippen LogP contribution in [0.25, 0.3) is 10.9 Å². The maximum Gasteiger partial charge on any atom is 0.158 e. The van der Waals surface area contributed by atoms with E-state index in [2.05, 4.69) is 40.2 Å². The molecule has 5 heteroatoms. The fourth-order valence-corrected chi connectivity index (χ4v) is 3.71. The summed E-state index contributed by atoms with van der Waals surface area (Å²) in [4.78, 5) is 4.58. The Hall–Kier alpha value is -2.40. The van der Waals surface area contributed by atoms with Crippen LogP contribution in [0.3, 0.4) is 0 Å². The van der Waals surface area contributed by atoms with Gasteiger partial charge in [-0.25, -0.2) is 4.39 Å². The minimum Gasteiger partial charge on any atom is -0.352 e. The molecule has 0 spiro atoms. The number of aromatic amines is 1. The van der Waals surface area contributed by atoms with Gasteiger partial charge in [0.05, 0.1) is 5.52 Å². The van der Waals surface area contributed by atoms with Gasteiger partial charge in [0.15, 0.2) is 5.82 Å². The van der Waals surface area contributed by atoms with E-state index in [-0.39, 0.29) is 5.82 Å². The first-order chi connectivity index (χ1) is 11.6. The van der Waals surface area contributed by atoms with E-state index >= 15 is 0 Å². The zero-order valence-corrected chi connectivity index (χ0v) is 13.9. The van der Waals surface area contributed by atoms with Gasteiger partial charge in [0.1, 0.15) is 5.82 Å². The summed E-state index contributed by atoms with van der Waals surface area (Å²) in [6, 6.07) is 15.5. The average molecular weight is 324 g/mol. The largest absolute Gasteiger partial charge is 0.352 e. The number of H-pyrrole nitrogens is 1. The van der Waals surface area contributed by atoms with Crippen molar-refractivity contribution in [3.63, 3.8) is 0 Å². The Labute approximate surface area is 140 Å². The van der Waals surface area contributed by atoms with Crippen LogP contribution >= 0.6 is 0 Å². The summed E-state index contributed by atoms with van der Waals surface area (Å²) in [7, 11) is 4.21. The molecule has 1 aliphatic rings. The number of nitrogens with zero attached hydrogens (tertiary/aromatic N) is 3. The molecule has 4 rings (SSSR count). The first-order valence-electron chi connectivity index (χ1n) is 8.23. The van der Waals surface area contributed by atoms with E-state index in [1.165, 1.54) is 5.56 Å².